The van der Waals surface area contributed by atoms with Gasteiger partial charge in [-0.3, -0.25) is 0 Å². The summed E-state index contributed by atoms with van der Waals surface area (Å²) in [6, 6.07) is 5.04. The predicted octanol–water partition coefficient (Wildman–Crippen LogP) is 3.35. The Bertz CT molecular complexity index is 281. The summed E-state index contributed by atoms with van der Waals surface area (Å²) >= 11 is 0. The van der Waals surface area contributed by atoms with Crippen LogP contribution in [0.3, 0.4) is 0 Å². The molecule has 1 aromatic rings. The minimum Gasteiger partial charge on any atom is -0.491 e. The lowest BCUT2D eigenvalue weighted by atomic mass is 10.0. The van der Waals surface area contributed by atoms with Crippen molar-refractivity contribution in [3.8, 4) is 5.75 Å². The molecular formula is C11H15FO. The second-order valence-corrected chi connectivity index (χ2v) is 3.25. The van der Waals surface area contributed by atoms with Gasteiger partial charge in [-0.25, -0.2) is 4.39 Å². The van der Waals surface area contributed by atoms with Crippen molar-refractivity contribution in [2.45, 2.75) is 26.7 Å². The first kappa shape index (κ1) is 10.0. The number of halogens is 1. The van der Waals surface area contributed by atoms with E-state index in [1.54, 1.807) is 6.07 Å². The van der Waals surface area contributed by atoms with Crippen molar-refractivity contribution < 1.29 is 9.13 Å². The molecule has 0 amide bonds. The van der Waals surface area contributed by atoms with E-state index in [0.717, 1.165) is 5.56 Å². The number of ether oxygens (including phenoxy) is 1. The lowest BCUT2D eigenvalue weighted by Gasteiger charge is -2.13. The molecule has 0 saturated heterocycles. The van der Waals surface area contributed by atoms with Crippen LogP contribution in [0.5, 0.6) is 5.75 Å². The van der Waals surface area contributed by atoms with Crippen LogP contribution < -0.4 is 4.74 Å². The second-order valence-electron chi connectivity index (χ2n) is 3.25. The minimum absolute atomic E-state index is 0.270. The maximum atomic E-state index is 13.3. The van der Waals surface area contributed by atoms with E-state index in [9.17, 15) is 4.39 Å². The van der Waals surface area contributed by atoms with Crippen molar-refractivity contribution in [1.29, 1.82) is 0 Å². The van der Waals surface area contributed by atoms with Crippen LogP contribution in [-0.2, 0) is 0 Å². The molecule has 0 heterocycles. The standard InChI is InChI=1S/C11H15FO/c1-4-13-11-9(8(2)3)6-5-7-10(11)12/h5-8H,4H2,1-3H3. The molecule has 0 aromatic heterocycles. The van der Waals surface area contributed by atoms with Gasteiger partial charge >= 0.3 is 0 Å². The van der Waals surface area contributed by atoms with Crippen molar-refractivity contribution in [2.75, 3.05) is 6.61 Å². The number of para-hydroxylation sites is 1. The molecule has 0 spiro atoms. The van der Waals surface area contributed by atoms with Crippen LogP contribution in [0.4, 0.5) is 4.39 Å². The van der Waals surface area contributed by atoms with Gasteiger partial charge in [0.1, 0.15) is 0 Å². The number of hydrogen-bond acceptors (Lipinski definition) is 1. The van der Waals surface area contributed by atoms with Gasteiger partial charge in [0.05, 0.1) is 6.61 Å². The highest BCUT2D eigenvalue weighted by atomic mass is 19.1. The Morgan fingerprint density at radius 2 is 2.08 bits per heavy atom. The van der Waals surface area contributed by atoms with Crippen LogP contribution in [0, 0.1) is 5.82 Å². The second kappa shape index (κ2) is 4.26. The molecule has 1 aromatic carbocycles. The lowest BCUT2D eigenvalue weighted by Crippen LogP contribution is -2.00. The van der Waals surface area contributed by atoms with Gasteiger partial charge in [-0.1, -0.05) is 26.0 Å². The molecule has 0 atom stereocenters. The highest BCUT2D eigenvalue weighted by Crippen LogP contribution is 2.28. The Kier molecular flexibility index (Phi) is 3.29. The maximum absolute atomic E-state index is 13.3. The third-order valence-corrected chi connectivity index (χ3v) is 1.91. The van der Waals surface area contributed by atoms with Gasteiger partial charge in [0.2, 0.25) is 0 Å². The van der Waals surface area contributed by atoms with Crippen molar-refractivity contribution >= 4 is 0 Å². The van der Waals surface area contributed by atoms with Gasteiger partial charge in [-0.05, 0) is 24.5 Å². The molecule has 2 heteroatoms. The molecule has 0 bridgehead atoms. The Balaban J connectivity index is 3.09. The van der Waals surface area contributed by atoms with E-state index in [1.165, 1.54) is 6.07 Å². The van der Waals surface area contributed by atoms with Crippen LogP contribution >= 0.6 is 0 Å². The van der Waals surface area contributed by atoms with Gasteiger partial charge in [-0.15, -0.1) is 0 Å². The summed E-state index contributed by atoms with van der Waals surface area (Å²) in [5.41, 5.74) is 0.932. The first-order valence-corrected chi connectivity index (χ1v) is 4.58. The van der Waals surface area contributed by atoms with E-state index in [1.807, 2.05) is 26.8 Å². The van der Waals surface area contributed by atoms with E-state index >= 15 is 0 Å². The monoisotopic (exact) mass is 182 g/mol. The zero-order valence-electron chi connectivity index (χ0n) is 8.30. The van der Waals surface area contributed by atoms with Crippen LogP contribution in [0.15, 0.2) is 18.2 Å². The van der Waals surface area contributed by atoms with Crippen LogP contribution in [-0.4, -0.2) is 6.61 Å². The largest absolute Gasteiger partial charge is 0.491 e. The summed E-state index contributed by atoms with van der Waals surface area (Å²) in [5.74, 6) is 0.422. The van der Waals surface area contributed by atoms with E-state index in [4.69, 9.17) is 4.74 Å². The highest BCUT2D eigenvalue weighted by molar-refractivity contribution is 5.37. The third kappa shape index (κ3) is 2.20. The Morgan fingerprint density at radius 1 is 1.38 bits per heavy atom. The molecule has 0 unspecified atom stereocenters. The summed E-state index contributed by atoms with van der Waals surface area (Å²) < 4.78 is 18.5. The van der Waals surface area contributed by atoms with Crippen LogP contribution in [0.2, 0.25) is 0 Å². The maximum Gasteiger partial charge on any atom is 0.165 e. The van der Waals surface area contributed by atoms with Gasteiger partial charge < -0.3 is 4.74 Å². The molecule has 0 aliphatic carbocycles. The fourth-order valence-corrected chi connectivity index (χ4v) is 1.28. The van der Waals surface area contributed by atoms with E-state index < -0.39 is 0 Å². The van der Waals surface area contributed by atoms with Gasteiger partial charge in [0, 0.05) is 0 Å². The smallest absolute Gasteiger partial charge is 0.165 e. The molecule has 0 N–H and O–H groups in total. The number of hydrogen-bond donors (Lipinski definition) is 0. The lowest BCUT2D eigenvalue weighted by molar-refractivity contribution is 0.316. The minimum atomic E-state index is -0.270. The normalized spacial score (nSPS) is 10.5. The summed E-state index contributed by atoms with van der Waals surface area (Å²) in [6.07, 6.45) is 0. The van der Waals surface area contributed by atoms with Gasteiger partial charge in [0.25, 0.3) is 0 Å². The predicted molar refractivity (Wildman–Crippen MR) is 51.7 cm³/mol. The third-order valence-electron chi connectivity index (χ3n) is 1.91. The van der Waals surface area contributed by atoms with Crippen molar-refractivity contribution in [2.24, 2.45) is 0 Å². The topological polar surface area (TPSA) is 9.23 Å². The first-order valence-electron chi connectivity index (χ1n) is 4.58. The zero-order chi connectivity index (χ0) is 9.84. The Morgan fingerprint density at radius 3 is 2.62 bits per heavy atom. The molecule has 1 rings (SSSR count). The van der Waals surface area contributed by atoms with Crippen molar-refractivity contribution in [1.82, 2.24) is 0 Å². The fraction of sp³-hybridized carbons (Fsp3) is 0.455. The molecule has 0 aliphatic heterocycles. The van der Waals surface area contributed by atoms with Gasteiger partial charge in [0.15, 0.2) is 11.6 Å². The molecule has 1 nitrogen and oxygen atoms in total. The van der Waals surface area contributed by atoms with E-state index in [2.05, 4.69) is 0 Å². The molecular weight excluding hydrogens is 167 g/mol. The average Bonchev–Trinajstić information content (AvgIpc) is 2.08. The van der Waals surface area contributed by atoms with Gasteiger partial charge in [-0.2, -0.15) is 0 Å². The Hall–Kier alpha value is -1.05. The van der Waals surface area contributed by atoms with Crippen LogP contribution in [0.1, 0.15) is 32.3 Å². The quantitative estimate of drug-likeness (QED) is 0.696. The fourth-order valence-electron chi connectivity index (χ4n) is 1.28. The van der Waals surface area contributed by atoms with Crippen molar-refractivity contribution in [3.05, 3.63) is 29.6 Å². The molecule has 0 fully saturated rings. The Labute approximate surface area is 78.5 Å². The summed E-state index contributed by atoms with van der Waals surface area (Å²) in [7, 11) is 0. The van der Waals surface area contributed by atoms with Crippen LogP contribution in [0.25, 0.3) is 0 Å². The average molecular weight is 182 g/mol. The molecule has 0 saturated carbocycles. The van der Waals surface area contributed by atoms with E-state index in [0.29, 0.717) is 12.4 Å². The highest BCUT2D eigenvalue weighted by Gasteiger charge is 2.11. The summed E-state index contributed by atoms with van der Waals surface area (Å²) in [5, 5.41) is 0. The molecule has 0 radical (unpaired) electrons. The summed E-state index contributed by atoms with van der Waals surface area (Å²) in [4.78, 5) is 0. The number of rotatable bonds is 3. The summed E-state index contributed by atoms with van der Waals surface area (Å²) in [6.45, 7) is 6.41. The SMILES string of the molecule is CCOc1c(F)cccc1C(C)C. The first-order chi connectivity index (χ1) is 6.16. The van der Waals surface area contributed by atoms with E-state index in [-0.39, 0.29) is 11.7 Å². The van der Waals surface area contributed by atoms with Crippen molar-refractivity contribution in [3.63, 3.8) is 0 Å². The number of benzene rings is 1. The molecule has 0 aliphatic rings. The zero-order valence-corrected chi connectivity index (χ0v) is 8.30. The molecule has 72 valence electrons. The molecule has 13 heavy (non-hydrogen) atoms.